The van der Waals surface area contributed by atoms with Crippen molar-refractivity contribution in [2.24, 2.45) is 57.2 Å². The maximum Gasteiger partial charge on any atom is 0.311 e. The second-order valence-corrected chi connectivity index (χ2v) is 17.7. The van der Waals surface area contributed by atoms with Crippen molar-refractivity contribution < 1.29 is 28.6 Å². The van der Waals surface area contributed by atoms with Gasteiger partial charge in [-0.05, 0) is 144 Å². The third kappa shape index (κ3) is 7.48. The van der Waals surface area contributed by atoms with Crippen molar-refractivity contribution in [3.05, 3.63) is 24.3 Å². The summed E-state index contributed by atoms with van der Waals surface area (Å²) in [6, 6.07) is 0. The number of hydrogen-bond acceptors (Lipinski definition) is 6. The van der Waals surface area contributed by atoms with Crippen LogP contribution in [0.25, 0.3) is 0 Å². The molecule has 0 aromatic carbocycles. The van der Waals surface area contributed by atoms with Crippen LogP contribution in [0, 0.1) is 57.2 Å². The molecule has 0 saturated heterocycles. The Labute approximate surface area is 292 Å². The molecule has 2 unspecified atom stereocenters. The highest BCUT2D eigenvalue weighted by Gasteiger charge is 2.59. The quantitative estimate of drug-likeness (QED) is 0.110. The van der Waals surface area contributed by atoms with Crippen molar-refractivity contribution in [1.29, 1.82) is 0 Å². The number of carbonyl (C=O) groups excluding carboxylic acids is 3. The fourth-order valence-corrected chi connectivity index (χ4v) is 11.8. The number of ether oxygens (including phenoxy) is 3. The lowest BCUT2D eigenvalue weighted by molar-refractivity contribution is -0.168. The maximum absolute atomic E-state index is 12.9. The van der Waals surface area contributed by atoms with Crippen LogP contribution >= 0.6 is 0 Å². The molecule has 6 heteroatoms. The van der Waals surface area contributed by atoms with Gasteiger partial charge in [0.25, 0.3) is 0 Å². The topological polar surface area (TPSA) is 78.9 Å². The Balaban J connectivity index is 1.22. The van der Waals surface area contributed by atoms with Gasteiger partial charge in [0.05, 0.1) is 31.7 Å². The molecule has 0 radical (unpaired) electrons. The first kappa shape index (κ1) is 38.7. The Morgan fingerprint density at radius 3 is 1.58 bits per heavy atom. The van der Waals surface area contributed by atoms with Crippen LogP contribution in [0.2, 0.25) is 0 Å². The Bertz CT molecular complexity index is 1210. The third-order valence-electron chi connectivity index (χ3n) is 14.6. The highest BCUT2D eigenvalue weighted by atomic mass is 16.5. The second kappa shape index (κ2) is 15.4. The van der Waals surface area contributed by atoms with Gasteiger partial charge in [-0.3, -0.25) is 14.4 Å². The fraction of sp³-hybridized carbons (Fsp3) is 0.833. The number of rotatable bonds is 13. The lowest BCUT2D eigenvalue weighted by Crippen LogP contribution is -2.53. The molecule has 272 valence electrons. The van der Waals surface area contributed by atoms with Crippen molar-refractivity contribution in [2.45, 2.75) is 144 Å². The van der Waals surface area contributed by atoms with Gasteiger partial charge < -0.3 is 14.2 Å². The summed E-state index contributed by atoms with van der Waals surface area (Å²) >= 11 is 0. The minimum absolute atomic E-state index is 0.0349. The minimum Gasteiger partial charge on any atom is -0.469 e. The smallest absolute Gasteiger partial charge is 0.311 e. The summed E-state index contributed by atoms with van der Waals surface area (Å²) in [5.41, 5.74) is 1.92. The zero-order valence-corrected chi connectivity index (χ0v) is 31.8. The summed E-state index contributed by atoms with van der Waals surface area (Å²) in [7, 11) is 3.04. The van der Waals surface area contributed by atoms with E-state index >= 15 is 0 Å². The van der Waals surface area contributed by atoms with E-state index in [1.54, 1.807) is 0 Å². The summed E-state index contributed by atoms with van der Waals surface area (Å²) in [5, 5.41) is 0. The van der Waals surface area contributed by atoms with Crippen LogP contribution in [-0.2, 0) is 28.6 Å². The first-order chi connectivity index (χ1) is 22.6. The van der Waals surface area contributed by atoms with E-state index in [-0.39, 0.29) is 34.7 Å². The largest absolute Gasteiger partial charge is 0.469 e. The predicted molar refractivity (Wildman–Crippen MR) is 192 cm³/mol. The standard InChI is InChI=1S/C42H68O6/c1-28(13-17-32-30(3)15-19-34-39(32,5)22-11-24-41(34,7)37(44)46-9)21-26-48-36(43)27-29(2)14-18-33-31(4)16-20-35-40(33,6)23-12-25-42(35,8)38(45)47-10/h28-29,32-35H,3-4,11-27H2,1-2,5-10H3/t28-,29-,32+,33+,34?,35?,39-,40-,41+,42+/m1/s1. The number of esters is 3. The van der Waals surface area contributed by atoms with Crippen molar-refractivity contribution >= 4 is 17.9 Å². The molecule has 0 aliphatic heterocycles. The van der Waals surface area contributed by atoms with Gasteiger partial charge >= 0.3 is 17.9 Å². The molecular formula is C42H68O6. The molecule has 0 heterocycles. The summed E-state index contributed by atoms with van der Waals surface area (Å²) in [6.45, 7) is 22.9. The number of methoxy groups -OCH3 is 2. The average molecular weight is 669 g/mol. The summed E-state index contributed by atoms with van der Waals surface area (Å²) < 4.78 is 16.4. The molecule has 0 aromatic rings. The molecule has 10 atom stereocenters. The highest BCUT2D eigenvalue weighted by Crippen LogP contribution is 2.63. The second-order valence-electron chi connectivity index (χ2n) is 17.7. The van der Waals surface area contributed by atoms with E-state index in [0.717, 1.165) is 96.3 Å². The lowest BCUT2D eigenvalue weighted by Gasteiger charge is -2.57. The zero-order chi connectivity index (χ0) is 35.5. The van der Waals surface area contributed by atoms with Crippen LogP contribution in [0.5, 0.6) is 0 Å². The van der Waals surface area contributed by atoms with E-state index in [1.165, 1.54) is 25.4 Å². The Morgan fingerprint density at radius 2 is 1.15 bits per heavy atom. The molecule has 48 heavy (non-hydrogen) atoms. The molecule has 0 bridgehead atoms. The van der Waals surface area contributed by atoms with E-state index < -0.39 is 10.8 Å². The minimum atomic E-state index is -0.431. The zero-order valence-electron chi connectivity index (χ0n) is 31.8. The van der Waals surface area contributed by atoms with Crippen LogP contribution in [0.1, 0.15) is 144 Å². The van der Waals surface area contributed by atoms with Gasteiger partial charge in [-0.15, -0.1) is 0 Å². The molecule has 0 spiro atoms. The van der Waals surface area contributed by atoms with Gasteiger partial charge in [0.15, 0.2) is 0 Å². The Morgan fingerprint density at radius 1 is 0.708 bits per heavy atom. The Hall–Kier alpha value is -2.11. The molecule has 6 nitrogen and oxygen atoms in total. The number of carbonyl (C=O) groups is 3. The predicted octanol–water partition coefficient (Wildman–Crippen LogP) is 10.0. The summed E-state index contributed by atoms with van der Waals surface area (Å²) in [5.74, 6) is 1.85. The van der Waals surface area contributed by atoms with Gasteiger partial charge in [-0.2, -0.15) is 0 Å². The fourth-order valence-electron chi connectivity index (χ4n) is 11.8. The van der Waals surface area contributed by atoms with Gasteiger partial charge in [0.1, 0.15) is 0 Å². The van der Waals surface area contributed by atoms with E-state index in [0.29, 0.717) is 42.6 Å². The highest BCUT2D eigenvalue weighted by molar-refractivity contribution is 5.77. The van der Waals surface area contributed by atoms with E-state index in [4.69, 9.17) is 14.2 Å². The Kier molecular flexibility index (Phi) is 12.4. The number of fused-ring (bicyclic) bond motifs is 2. The maximum atomic E-state index is 12.9. The molecular weight excluding hydrogens is 600 g/mol. The van der Waals surface area contributed by atoms with Crippen molar-refractivity contribution in [3.63, 3.8) is 0 Å². The summed E-state index contributed by atoms with van der Waals surface area (Å²) in [6.07, 6.45) is 15.5. The monoisotopic (exact) mass is 669 g/mol. The van der Waals surface area contributed by atoms with Crippen molar-refractivity contribution in [2.75, 3.05) is 20.8 Å². The number of allylic oxidation sites excluding steroid dienone is 2. The van der Waals surface area contributed by atoms with E-state index in [2.05, 4.69) is 54.7 Å². The van der Waals surface area contributed by atoms with Crippen LogP contribution in [0.15, 0.2) is 24.3 Å². The molecule has 4 saturated carbocycles. The average Bonchev–Trinajstić information content (AvgIpc) is 3.02. The van der Waals surface area contributed by atoms with Gasteiger partial charge in [0, 0.05) is 6.42 Å². The van der Waals surface area contributed by atoms with E-state index in [1.807, 2.05) is 0 Å². The number of hydrogen-bond donors (Lipinski definition) is 0. The van der Waals surface area contributed by atoms with Crippen LogP contribution in [0.4, 0.5) is 0 Å². The van der Waals surface area contributed by atoms with Crippen LogP contribution in [0.3, 0.4) is 0 Å². The summed E-state index contributed by atoms with van der Waals surface area (Å²) in [4.78, 5) is 38.7. The molecule has 4 fully saturated rings. The molecule has 0 amide bonds. The molecule has 4 aliphatic rings. The van der Waals surface area contributed by atoms with Gasteiger partial charge in [-0.25, -0.2) is 0 Å². The normalized spacial score (nSPS) is 37.8. The van der Waals surface area contributed by atoms with Gasteiger partial charge in [0.2, 0.25) is 0 Å². The first-order valence-corrected chi connectivity index (χ1v) is 19.2. The molecule has 0 N–H and O–H groups in total. The van der Waals surface area contributed by atoms with E-state index in [9.17, 15) is 14.4 Å². The lowest BCUT2D eigenvalue weighted by atomic mass is 9.46. The molecule has 4 rings (SSSR count). The van der Waals surface area contributed by atoms with Crippen molar-refractivity contribution in [3.8, 4) is 0 Å². The molecule has 0 aromatic heterocycles. The van der Waals surface area contributed by atoms with Gasteiger partial charge in [-0.1, -0.05) is 64.8 Å². The SMILES string of the molecule is C=C1CCC2[C@](C)(CCC[C@]2(C)C(=O)OC)[C@H]1CC[C@@H](C)CCOC(=O)C[C@H](C)CC[C@H]1C(=C)CCC2[C@]1(C)CCC[C@]2(C)C(=O)OC. The van der Waals surface area contributed by atoms with Crippen molar-refractivity contribution in [1.82, 2.24) is 0 Å². The third-order valence-corrected chi connectivity index (χ3v) is 14.6. The molecule has 4 aliphatic carbocycles. The van der Waals surface area contributed by atoms with Crippen LogP contribution < -0.4 is 0 Å². The van der Waals surface area contributed by atoms with Crippen LogP contribution in [-0.4, -0.2) is 38.7 Å². The first-order valence-electron chi connectivity index (χ1n) is 19.2.